The summed E-state index contributed by atoms with van der Waals surface area (Å²) >= 11 is -0.188. The maximum absolute atomic E-state index is 8.96. The van der Waals surface area contributed by atoms with Crippen molar-refractivity contribution < 1.29 is 36.1 Å². The number of hydrogen-bond acceptors (Lipinski definition) is 1. The van der Waals surface area contributed by atoms with Gasteiger partial charge in [0.1, 0.15) is 0 Å². The molecule has 0 heterocycles. The standard InChI is InChI=1S/CH3.Cr.Mn.O/h1H3;;;. The first-order chi connectivity index (χ1) is 1.41. The Hall–Kier alpha value is 0.852. The SMILES string of the molecule is [CH3][Mn]=[O].[Cr]. The van der Waals surface area contributed by atoms with Gasteiger partial charge in [0, 0.05) is 17.4 Å². The first-order valence-corrected chi connectivity index (χ1v) is 2.19. The van der Waals surface area contributed by atoms with Crippen LogP contribution in [0.25, 0.3) is 0 Å². The van der Waals surface area contributed by atoms with Crippen LogP contribution in [0.3, 0.4) is 0 Å². The quantitative estimate of drug-likeness (QED) is 0.444. The fourth-order valence-electron chi connectivity index (χ4n) is 0. The van der Waals surface area contributed by atoms with Gasteiger partial charge in [0.05, 0.1) is 0 Å². The molecule has 0 bridgehead atoms. The molecule has 0 aliphatic rings. The topological polar surface area (TPSA) is 17.1 Å². The van der Waals surface area contributed by atoms with Gasteiger partial charge < -0.3 is 0 Å². The Morgan fingerprint density at radius 3 is 1.75 bits per heavy atom. The fraction of sp³-hybridized carbons (Fsp3) is 1.00. The van der Waals surface area contributed by atoms with Crippen molar-refractivity contribution in [1.82, 2.24) is 0 Å². The van der Waals surface area contributed by atoms with E-state index in [9.17, 15) is 0 Å². The molecule has 0 aliphatic heterocycles. The molecule has 0 radical (unpaired) electrons. The van der Waals surface area contributed by atoms with Crippen LogP contribution in [0, 0.1) is 0 Å². The number of rotatable bonds is 0. The summed E-state index contributed by atoms with van der Waals surface area (Å²) in [6.07, 6.45) is 0. The van der Waals surface area contributed by atoms with Crippen molar-refractivity contribution in [3.63, 3.8) is 0 Å². The molecule has 0 saturated carbocycles. The van der Waals surface area contributed by atoms with E-state index in [1.807, 2.05) is 0 Å². The Kier molecular flexibility index (Phi) is 20.2. The zero-order valence-electron chi connectivity index (χ0n) is 2.19. The van der Waals surface area contributed by atoms with Gasteiger partial charge in [0.15, 0.2) is 0 Å². The Bertz CT molecular complexity index is 15.5. The van der Waals surface area contributed by atoms with Gasteiger partial charge in [-0.05, 0) is 0 Å². The van der Waals surface area contributed by atoms with Gasteiger partial charge in [-0.15, -0.1) is 0 Å². The minimum atomic E-state index is -0.188. The number of hydrogen-bond donors (Lipinski definition) is 0. The van der Waals surface area contributed by atoms with Crippen molar-refractivity contribution in [1.29, 1.82) is 0 Å². The van der Waals surface area contributed by atoms with E-state index in [0.29, 0.717) is 0 Å². The molecular formula is CH3CrMnO. The molecule has 0 atom stereocenters. The van der Waals surface area contributed by atoms with Crippen LogP contribution in [0.4, 0.5) is 0 Å². The molecule has 0 saturated heterocycles. The van der Waals surface area contributed by atoms with Gasteiger partial charge in [0.25, 0.3) is 0 Å². The second kappa shape index (κ2) is 9.13. The predicted molar refractivity (Wildman–Crippen MR) is 6.55 cm³/mol. The van der Waals surface area contributed by atoms with E-state index in [4.69, 9.17) is 3.83 Å². The maximum atomic E-state index is 8.96. The fourth-order valence-corrected chi connectivity index (χ4v) is 0. The second-order valence-corrected chi connectivity index (χ2v) is 0.636. The molecule has 1 nitrogen and oxygen atoms in total. The zero-order valence-corrected chi connectivity index (χ0v) is 4.65. The van der Waals surface area contributed by atoms with Crippen molar-refractivity contribution in [2.24, 2.45) is 0 Å². The largest absolute Gasteiger partial charge is 0 e. The van der Waals surface area contributed by atoms with E-state index in [0.717, 1.165) is 0 Å². The zero-order chi connectivity index (χ0) is 2.71. The Morgan fingerprint density at radius 2 is 1.75 bits per heavy atom. The summed E-state index contributed by atoms with van der Waals surface area (Å²) in [6, 6.07) is 0. The summed E-state index contributed by atoms with van der Waals surface area (Å²) in [7, 11) is 0. The minimum absolute atomic E-state index is 0. The molecule has 26 valence electrons. The maximum Gasteiger partial charge on any atom is 0 e. The molecule has 0 unspecified atom stereocenters. The monoisotopic (exact) mass is 138 g/mol. The molecule has 0 aliphatic carbocycles. The third-order valence-electron chi connectivity index (χ3n) is 0. The van der Waals surface area contributed by atoms with Crippen LogP contribution in [0.1, 0.15) is 0 Å². The van der Waals surface area contributed by atoms with Gasteiger partial charge in [-0.1, -0.05) is 0 Å². The first kappa shape index (κ1) is 8.85. The molecule has 4 heavy (non-hydrogen) atoms. The van der Waals surface area contributed by atoms with Crippen LogP contribution >= 0.6 is 0 Å². The van der Waals surface area contributed by atoms with Crippen LogP contribution in [-0.4, -0.2) is 0 Å². The van der Waals surface area contributed by atoms with Crippen molar-refractivity contribution in [3.05, 3.63) is 0 Å². The average molecular weight is 138 g/mol. The third-order valence-corrected chi connectivity index (χ3v) is 0. The van der Waals surface area contributed by atoms with Crippen molar-refractivity contribution in [3.8, 4) is 0 Å². The molecule has 0 aromatic heterocycles. The molecule has 0 fully saturated rings. The van der Waals surface area contributed by atoms with E-state index in [1.54, 1.807) is 5.82 Å². The van der Waals surface area contributed by atoms with Gasteiger partial charge in [-0.2, -0.15) is 0 Å². The van der Waals surface area contributed by atoms with E-state index in [-0.39, 0.29) is 32.2 Å². The Morgan fingerprint density at radius 1 is 1.75 bits per heavy atom. The van der Waals surface area contributed by atoms with Crippen LogP contribution in [-0.2, 0) is 36.1 Å². The molecule has 3 heteroatoms. The Balaban J connectivity index is 0. The van der Waals surface area contributed by atoms with E-state index >= 15 is 0 Å². The molecular weight excluding hydrogens is 135 g/mol. The molecule has 0 aromatic rings. The smallest absolute Gasteiger partial charge is 0 e. The van der Waals surface area contributed by atoms with Crippen molar-refractivity contribution >= 4 is 0 Å². The van der Waals surface area contributed by atoms with Gasteiger partial charge in [-0.3, -0.25) is 0 Å². The third kappa shape index (κ3) is 13.5. The van der Waals surface area contributed by atoms with E-state index in [2.05, 4.69) is 0 Å². The summed E-state index contributed by atoms with van der Waals surface area (Å²) in [6.45, 7) is 0. The summed E-state index contributed by atoms with van der Waals surface area (Å²) in [4.78, 5) is 0. The van der Waals surface area contributed by atoms with E-state index in [1.165, 1.54) is 0 Å². The van der Waals surface area contributed by atoms with Crippen LogP contribution in [0.2, 0.25) is 5.82 Å². The summed E-state index contributed by atoms with van der Waals surface area (Å²) in [5.41, 5.74) is 0. The first-order valence-electron chi connectivity index (χ1n) is 0.532. The second-order valence-electron chi connectivity index (χ2n) is 0.154. The summed E-state index contributed by atoms with van der Waals surface area (Å²) in [5.74, 6) is 1.60. The average Bonchev–Trinajstić information content (AvgIpc) is 0.918. The summed E-state index contributed by atoms with van der Waals surface area (Å²) < 4.78 is 8.96. The van der Waals surface area contributed by atoms with Crippen molar-refractivity contribution in [2.45, 2.75) is 5.82 Å². The molecule has 0 rings (SSSR count). The van der Waals surface area contributed by atoms with Crippen LogP contribution in [0.5, 0.6) is 0 Å². The normalized spacial score (nSPS) is 4.25. The van der Waals surface area contributed by atoms with E-state index < -0.39 is 0 Å². The molecule has 0 N–H and O–H groups in total. The predicted octanol–water partition coefficient (Wildman–Crippen LogP) is 0.460. The van der Waals surface area contributed by atoms with Crippen LogP contribution in [0.15, 0.2) is 0 Å². The van der Waals surface area contributed by atoms with Gasteiger partial charge in [-0.25, -0.2) is 0 Å². The molecule has 0 aromatic carbocycles. The molecule has 0 amide bonds. The van der Waals surface area contributed by atoms with Crippen LogP contribution < -0.4 is 0 Å². The minimum Gasteiger partial charge on any atom is 0 e. The molecule has 0 spiro atoms. The van der Waals surface area contributed by atoms with Gasteiger partial charge in [0.2, 0.25) is 0 Å². The summed E-state index contributed by atoms with van der Waals surface area (Å²) in [5, 5.41) is 0. The van der Waals surface area contributed by atoms with Gasteiger partial charge >= 0.3 is 24.5 Å². The Labute approximate surface area is 42.3 Å². The van der Waals surface area contributed by atoms with Crippen molar-refractivity contribution in [2.75, 3.05) is 0 Å².